The first kappa shape index (κ1) is 15.9. The Morgan fingerprint density at radius 1 is 1.22 bits per heavy atom. The standard InChI is InChI=1S/C17H16ClF2N3/c1-3-8-23-17-15(10(2)22-23)13(16(19)20)9-14(21-17)11-4-6-12(18)7-5-11/h4-7,9,16H,3,8H2,1-2H3. The second-order valence-corrected chi connectivity index (χ2v) is 5.85. The number of hydrogen-bond acceptors (Lipinski definition) is 2. The number of hydrogen-bond donors (Lipinski definition) is 0. The van der Waals surface area contributed by atoms with Gasteiger partial charge in [-0.2, -0.15) is 5.10 Å². The molecule has 0 atom stereocenters. The van der Waals surface area contributed by atoms with Crippen molar-refractivity contribution in [2.75, 3.05) is 0 Å². The number of benzene rings is 1. The third kappa shape index (κ3) is 2.93. The molecule has 0 amide bonds. The average molecular weight is 336 g/mol. The van der Waals surface area contributed by atoms with E-state index in [0.717, 1.165) is 12.0 Å². The maximum atomic E-state index is 13.5. The molecule has 0 unspecified atom stereocenters. The highest BCUT2D eigenvalue weighted by Crippen LogP contribution is 2.33. The molecule has 3 aromatic rings. The van der Waals surface area contributed by atoms with Crippen LogP contribution in [0.5, 0.6) is 0 Å². The van der Waals surface area contributed by atoms with Gasteiger partial charge in [-0.15, -0.1) is 0 Å². The predicted octanol–water partition coefficient (Wildman–Crippen LogP) is 5.41. The van der Waals surface area contributed by atoms with E-state index < -0.39 is 6.43 Å². The first-order valence-electron chi connectivity index (χ1n) is 7.43. The average Bonchev–Trinajstić information content (AvgIpc) is 2.84. The normalized spacial score (nSPS) is 11.6. The van der Waals surface area contributed by atoms with E-state index in [0.29, 0.717) is 34.0 Å². The number of halogens is 3. The first-order valence-corrected chi connectivity index (χ1v) is 7.81. The fourth-order valence-corrected chi connectivity index (χ4v) is 2.82. The SMILES string of the molecule is CCCn1nc(C)c2c(C(F)F)cc(-c3ccc(Cl)cc3)nc21. The Morgan fingerprint density at radius 3 is 2.52 bits per heavy atom. The van der Waals surface area contributed by atoms with E-state index in [4.69, 9.17) is 11.6 Å². The monoisotopic (exact) mass is 335 g/mol. The molecule has 0 saturated heterocycles. The lowest BCUT2D eigenvalue weighted by atomic mass is 10.1. The summed E-state index contributed by atoms with van der Waals surface area (Å²) in [6.07, 6.45) is -1.72. The van der Waals surface area contributed by atoms with Crippen LogP contribution in [0.15, 0.2) is 30.3 Å². The predicted molar refractivity (Wildman–Crippen MR) is 88.0 cm³/mol. The van der Waals surface area contributed by atoms with Crippen molar-refractivity contribution in [2.24, 2.45) is 0 Å². The van der Waals surface area contributed by atoms with E-state index in [1.165, 1.54) is 6.07 Å². The molecular weight excluding hydrogens is 320 g/mol. The minimum absolute atomic E-state index is 0.0280. The molecule has 0 fully saturated rings. The van der Waals surface area contributed by atoms with Crippen LogP contribution >= 0.6 is 11.6 Å². The van der Waals surface area contributed by atoms with E-state index in [-0.39, 0.29) is 5.56 Å². The molecule has 0 spiro atoms. The van der Waals surface area contributed by atoms with Crippen molar-refractivity contribution < 1.29 is 8.78 Å². The van der Waals surface area contributed by atoms with Crippen LogP contribution in [0, 0.1) is 6.92 Å². The van der Waals surface area contributed by atoms with Crippen molar-refractivity contribution in [1.82, 2.24) is 14.8 Å². The smallest absolute Gasteiger partial charge is 0.247 e. The summed E-state index contributed by atoms with van der Waals surface area (Å²) >= 11 is 5.89. The molecule has 3 rings (SSSR count). The summed E-state index contributed by atoms with van der Waals surface area (Å²) in [6.45, 7) is 4.40. The molecule has 23 heavy (non-hydrogen) atoms. The van der Waals surface area contributed by atoms with Crippen molar-refractivity contribution >= 4 is 22.6 Å². The maximum Gasteiger partial charge on any atom is 0.264 e. The molecule has 3 nitrogen and oxygen atoms in total. The maximum absolute atomic E-state index is 13.5. The van der Waals surface area contributed by atoms with Crippen molar-refractivity contribution in [2.45, 2.75) is 33.2 Å². The Bertz CT molecular complexity index is 841. The van der Waals surface area contributed by atoms with Crippen molar-refractivity contribution in [3.63, 3.8) is 0 Å². The Labute approximate surface area is 137 Å². The van der Waals surface area contributed by atoms with Gasteiger partial charge in [0, 0.05) is 22.7 Å². The van der Waals surface area contributed by atoms with E-state index in [1.54, 1.807) is 35.9 Å². The summed E-state index contributed by atoms with van der Waals surface area (Å²) in [4.78, 5) is 4.58. The molecule has 120 valence electrons. The third-order valence-corrected chi connectivity index (χ3v) is 3.97. The lowest BCUT2D eigenvalue weighted by Crippen LogP contribution is -2.01. The van der Waals surface area contributed by atoms with Crippen LogP contribution in [0.3, 0.4) is 0 Å². The molecule has 2 aromatic heterocycles. The van der Waals surface area contributed by atoms with E-state index >= 15 is 0 Å². The summed E-state index contributed by atoms with van der Waals surface area (Å²) in [5.41, 5.74) is 2.31. The van der Waals surface area contributed by atoms with Crippen LogP contribution in [-0.4, -0.2) is 14.8 Å². The lowest BCUT2D eigenvalue weighted by Gasteiger charge is -2.08. The van der Waals surface area contributed by atoms with Gasteiger partial charge >= 0.3 is 0 Å². The molecule has 0 saturated carbocycles. The van der Waals surface area contributed by atoms with Crippen LogP contribution in [0.25, 0.3) is 22.3 Å². The van der Waals surface area contributed by atoms with Gasteiger partial charge in [0.15, 0.2) is 5.65 Å². The summed E-state index contributed by atoms with van der Waals surface area (Å²) in [5, 5.41) is 5.41. The molecular formula is C17H16ClF2N3. The number of fused-ring (bicyclic) bond motifs is 1. The number of pyridine rings is 1. The molecule has 0 aliphatic rings. The fraction of sp³-hybridized carbons (Fsp3) is 0.294. The van der Waals surface area contributed by atoms with Gasteiger partial charge in [-0.25, -0.2) is 18.4 Å². The first-order chi connectivity index (χ1) is 11.0. The number of aryl methyl sites for hydroxylation is 2. The van der Waals surface area contributed by atoms with Gasteiger partial charge in [0.2, 0.25) is 0 Å². The zero-order chi connectivity index (χ0) is 16.6. The quantitative estimate of drug-likeness (QED) is 0.638. The summed E-state index contributed by atoms with van der Waals surface area (Å²) in [5.74, 6) is 0. The molecule has 0 aliphatic carbocycles. The second kappa shape index (κ2) is 6.24. The fourth-order valence-electron chi connectivity index (χ4n) is 2.70. The highest BCUT2D eigenvalue weighted by molar-refractivity contribution is 6.30. The van der Waals surface area contributed by atoms with Gasteiger partial charge in [-0.05, 0) is 31.5 Å². The van der Waals surface area contributed by atoms with Gasteiger partial charge < -0.3 is 0 Å². The second-order valence-electron chi connectivity index (χ2n) is 5.41. The van der Waals surface area contributed by atoms with Gasteiger partial charge in [0.25, 0.3) is 6.43 Å². The minimum atomic E-state index is -2.58. The van der Waals surface area contributed by atoms with Gasteiger partial charge in [0.05, 0.1) is 16.8 Å². The van der Waals surface area contributed by atoms with Crippen molar-refractivity contribution in [3.8, 4) is 11.3 Å². The van der Waals surface area contributed by atoms with Crippen LogP contribution in [0.1, 0.15) is 31.0 Å². The summed E-state index contributed by atoms with van der Waals surface area (Å²) < 4.78 is 28.8. The highest BCUT2D eigenvalue weighted by atomic mass is 35.5. The number of aromatic nitrogens is 3. The Kier molecular flexibility index (Phi) is 4.31. The number of alkyl halides is 2. The molecule has 2 heterocycles. The summed E-state index contributed by atoms with van der Waals surface area (Å²) in [6, 6.07) is 8.44. The van der Waals surface area contributed by atoms with Gasteiger partial charge in [-0.1, -0.05) is 30.7 Å². The number of nitrogens with zero attached hydrogens (tertiary/aromatic N) is 3. The molecule has 6 heteroatoms. The van der Waals surface area contributed by atoms with Crippen LogP contribution in [0.4, 0.5) is 8.78 Å². The molecule has 0 aliphatic heterocycles. The molecule has 0 bridgehead atoms. The van der Waals surface area contributed by atoms with Crippen molar-refractivity contribution in [3.05, 3.63) is 46.6 Å². The Balaban J connectivity index is 2.27. The van der Waals surface area contributed by atoms with Crippen LogP contribution in [-0.2, 0) is 6.54 Å². The third-order valence-electron chi connectivity index (χ3n) is 3.72. The number of rotatable bonds is 4. The summed E-state index contributed by atoms with van der Waals surface area (Å²) in [7, 11) is 0. The molecule has 1 aromatic carbocycles. The topological polar surface area (TPSA) is 30.7 Å². The minimum Gasteiger partial charge on any atom is -0.247 e. The lowest BCUT2D eigenvalue weighted by molar-refractivity contribution is 0.153. The van der Waals surface area contributed by atoms with Crippen LogP contribution < -0.4 is 0 Å². The van der Waals surface area contributed by atoms with E-state index in [9.17, 15) is 8.78 Å². The highest BCUT2D eigenvalue weighted by Gasteiger charge is 2.20. The van der Waals surface area contributed by atoms with Gasteiger partial charge in [-0.3, -0.25) is 0 Å². The van der Waals surface area contributed by atoms with E-state index in [1.807, 2.05) is 6.92 Å². The Hall–Kier alpha value is -2.01. The zero-order valence-corrected chi connectivity index (χ0v) is 13.6. The van der Waals surface area contributed by atoms with Crippen LogP contribution in [0.2, 0.25) is 5.02 Å². The van der Waals surface area contributed by atoms with Gasteiger partial charge in [0.1, 0.15) is 0 Å². The Morgan fingerprint density at radius 2 is 1.91 bits per heavy atom. The molecule has 0 N–H and O–H groups in total. The largest absolute Gasteiger partial charge is 0.264 e. The van der Waals surface area contributed by atoms with E-state index in [2.05, 4.69) is 10.1 Å². The zero-order valence-electron chi connectivity index (χ0n) is 12.9. The van der Waals surface area contributed by atoms with Crippen molar-refractivity contribution in [1.29, 1.82) is 0 Å². The molecule has 0 radical (unpaired) electrons.